The summed E-state index contributed by atoms with van der Waals surface area (Å²) in [4.78, 5) is 1.41. The average Bonchev–Trinajstić information content (AvgIpc) is 2.30. The van der Waals surface area contributed by atoms with Gasteiger partial charge in [0.2, 0.25) is 0 Å². The maximum absolute atomic E-state index is 3.47. The third-order valence-electron chi connectivity index (χ3n) is 2.91. The van der Waals surface area contributed by atoms with Crippen molar-refractivity contribution in [1.82, 2.24) is 5.32 Å². The molecule has 1 atom stereocenters. The van der Waals surface area contributed by atoms with E-state index in [9.17, 15) is 0 Å². The van der Waals surface area contributed by atoms with Crippen LogP contribution in [-0.2, 0) is 0 Å². The van der Waals surface area contributed by atoms with Gasteiger partial charge in [0.05, 0.1) is 0 Å². The number of piperidine rings is 1. The Kier molecular flexibility index (Phi) is 4.09. The molecule has 1 N–H and O–H groups in total. The topological polar surface area (TPSA) is 12.0 Å². The Morgan fingerprint density at radius 1 is 1.33 bits per heavy atom. The highest BCUT2D eigenvalue weighted by Gasteiger charge is 2.12. The minimum absolute atomic E-state index is 0.866. The summed E-state index contributed by atoms with van der Waals surface area (Å²) in [6.07, 6.45) is 2.74. The second-order valence-electron chi connectivity index (χ2n) is 4.34. The molecule has 1 nitrogen and oxygen atoms in total. The molecule has 0 aliphatic carbocycles. The van der Waals surface area contributed by atoms with Crippen molar-refractivity contribution in [3.63, 3.8) is 0 Å². The van der Waals surface area contributed by atoms with Gasteiger partial charge in [-0.05, 0) is 50.9 Å². The summed E-state index contributed by atoms with van der Waals surface area (Å²) in [6.45, 7) is 4.56. The summed E-state index contributed by atoms with van der Waals surface area (Å²) in [7, 11) is 0. The van der Waals surface area contributed by atoms with Gasteiger partial charge >= 0.3 is 0 Å². The number of nitrogens with one attached hydrogen (secondary N) is 1. The number of hydrogen-bond acceptors (Lipinski definition) is 2. The van der Waals surface area contributed by atoms with Crippen LogP contribution in [0.5, 0.6) is 0 Å². The molecule has 0 spiro atoms. The van der Waals surface area contributed by atoms with E-state index in [1.807, 2.05) is 11.8 Å². The van der Waals surface area contributed by atoms with E-state index in [-0.39, 0.29) is 0 Å². The van der Waals surface area contributed by atoms with Crippen LogP contribution in [0.25, 0.3) is 0 Å². The molecule has 1 saturated heterocycles. The highest BCUT2D eigenvalue weighted by atomic mass is 32.2. The lowest BCUT2D eigenvalue weighted by atomic mass is 10.0. The molecule has 1 heterocycles. The minimum Gasteiger partial charge on any atom is -0.316 e. The maximum Gasteiger partial charge on any atom is 0.00722 e. The standard InChI is InChI=1S/C13H19NS/c1-11-4-6-13(7-5-11)15-10-12-3-2-8-14-9-12/h4-7,12,14H,2-3,8-10H2,1H3/t12-/m1/s1. The molecule has 0 unspecified atom stereocenters. The van der Waals surface area contributed by atoms with Crippen LogP contribution in [0.2, 0.25) is 0 Å². The zero-order valence-corrected chi connectivity index (χ0v) is 10.1. The second kappa shape index (κ2) is 5.57. The van der Waals surface area contributed by atoms with Crippen LogP contribution >= 0.6 is 11.8 Å². The first-order chi connectivity index (χ1) is 7.34. The van der Waals surface area contributed by atoms with Crippen molar-refractivity contribution >= 4 is 11.8 Å². The number of aryl methyl sites for hydroxylation is 1. The van der Waals surface area contributed by atoms with Crippen LogP contribution in [0.15, 0.2) is 29.2 Å². The lowest BCUT2D eigenvalue weighted by molar-refractivity contribution is 0.410. The van der Waals surface area contributed by atoms with E-state index in [1.54, 1.807) is 0 Å². The molecule has 0 aromatic heterocycles. The Balaban J connectivity index is 1.79. The van der Waals surface area contributed by atoms with Gasteiger partial charge in [-0.25, -0.2) is 0 Å². The van der Waals surface area contributed by atoms with E-state index < -0.39 is 0 Å². The van der Waals surface area contributed by atoms with E-state index in [0.29, 0.717) is 0 Å². The van der Waals surface area contributed by atoms with Crippen molar-refractivity contribution < 1.29 is 0 Å². The largest absolute Gasteiger partial charge is 0.316 e. The lowest BCUT2D eigenvalue weighted by Gasteiger charge is -2.22. The van der Waals surface area contributed by atoms with Crippen molar-refractivity contribution in [3.8, 4) is 0 Å². The van der Waals surface area contributed by atoms with Gasteiger partial charge in [-0.2, -0.15) is 0 Å². The fourth-order valence-electron chi connectivity index (χ4n) is 1.91. The molecule has 1 fully saturated rings. The quantitative estimate of drug-likeness (QED) is 0.787. The van der Waals surface area contributed by atoms with Crippen molar-refractivity contribution in [2.24, 2.45) is 5.92 Å². The first-order valence-corrected chi connectivity index (χ1v) is 6.73. The van der Waals surface area contributed by atoms with Gasteiger partial charge < -0.3 is 5.32 Å². The normalized spacial score (nSPS) is 21.5. The monoisotopic (exact) mass is 221 g/mol. The number of rotatable bonds is 3. The summed E-state index contributed by atoms with van der Waals surface area (Å²) in [5.41, 5.74) is 1.35. The molecular formula is C13H19NS. The summed E-state index contributed by atoms with van der Waals surface area (Å²) in [5, 5.41) is 3.47. The summed E-state index contributed by atoms with van der Waals surface area (Å²) in [6, 6.07) is 8.86. The first kappa shape index (κ1) is 11.0. The van der Waals surface area contributed by atoms with Crippen LogP contribution in [0.1, 0.15) is 18.4 Å². The molecule has 1 aliphatic rings. The van der Waals surface area contributed by atoms with E-state index in [4.69, 9.17) is 0 Å². The SMILES string of the molecule is Cc1ccc(SC[C@@H]2CCCNC2)cc1. The Morgan fingerprint density at radius 3 is 2.80 bits per heavy atom. The minimum atomic E-state index is 0.866. The Morgan fingerprint density at radius 2 is 2.13 bits per heavy atom. The Bertz CT molecular complexity index is 288. The van der Waals surface area contributed by atoms with Gasteiger partial charge in [0.25, 0.3) is 0 Å². The number of benzene rings is 1. The molecule has 1 aromatic carbocycles. The third kappa shape index (κ3) is 3.54. The Labute approximate surface area is 96.7 Å². The molecule has 0 bridgehead atoms. The van der Waals surface area contributed by atoms with Crippen LogP contribution in [-0.4, -0.2) is 18.8 Å². The second-order valence-corrected chi connectivity index (χ2v) is 5.43. The van der Waals surface area contributed by atoms with Gasteiger partial charge in [0.15, 0.2) is 0 Å². The number of thioether (sulfide) groups is 1. The molecular weight excluding hydrogens is 202 g/mol. The molecule has 2 rings (SSSR count). The zero-order valence-electron chi connectivity index (χ0n) is 9.33. The Hall–Kier alpha value is -0.470. The molecule has 15 heavy (non-hydrogen) atoms. The molecule has 0 amide bonds. The highest BCUT2D eigenvalue weighted by molar-refractivity contribution is 7.99. The smallest absolute Gasteiger partial charge is 0.00722 e. The van der Waals surface area contributed by atoms with Crippen LogP contribution in [0.3, 0.4) is 0 Å². The fourth-order valence-corrected chi connectivity index (χ4v) is 2.96. The molecule has 82 valence electrons. The first-order valence-electron chi connectivity index (χ1n) is 5.75. The predicted octanol–water partition coefficient (Wildman–Crippen LogP) is 3.09. The maximum atomic E-state index is 3.47. The molecule has 0 saturated carbocycles. The summed E-state index contributed by atoms with van der Waals surface area (Å²) in [5.74, 6) is 2.13. The van der Waals surface area contributed by atoms with Crippen molar-refractivity contribution in [2.75, 3.05) is 18.8 Å². The van der Waals surface area contributed by atoms with Crippen molar-refractivity contribution in [1.29, 1.82) is 0 Å². The molecule has 2 heteroatoms. The average molecular weight is 221 g/mol. The van der Waals surface area contributed by atoms with Crippen LogP contribution in [0, 0.1) is 12.8 Å². The van der Waals surface area contributed by atoms with Gasteiger partial charge in [0, 0.05) is 10.6 Å². The predicted molar refractivity (Wildman–Crippen MR) is 67.5 cm³/mol. The van der Waals surface area contributed by atoms with E-state index in [1.165, 1.54) is 42.1 Å². The molecule has 0 radical (unpaired) electrons. The number of hydrogen-bond donors (Lipinski definition) is 1. The van der Waals surface area contributed by atoms with E-state index in [0.717, 1.165) is 5.92 Å². The van der Waals surface area contributed by atoms with Gasteiger partial charge in [-0.3, -0.25) is 0 Å². The lowest BCUT2D eigenvalue weighted by Crippen LogP contribution is -2.30. The van der Waals surface area contributed by atoms with Crippen molar-refractivity contribution in [3.05, 3.63) is 29.8 Å². The van der Waals surface area contributed by atoms with E-state index >= 15 is 0 Å². The van der Waals surface area contributed by atoms with Gasteiger partial charge in [0.1, 0.15) is 0 Å². The van der Waals surface area contributed by atoms with Crippen LogP contribution in [0.4, 0.5) is 0 Å². The fraction of sp³-hybridized carbons (Fsp3) is 0.538. The van der Waals surface area contributed by atoms with Crippen LogP contribution < -0.4 is 5.32 Å². The molecule has 1 aliphatic heterocycles. The zero-order chi connectivity index (χ0) is 10.5. The van der Waals surface area contributed by atoms with Crippen molar-refractivity contribution in [2.45, 2.75) is 24.7 Å². The van der Waals surface area contributed by atoms with E-state index in [2.05, 4.69) is 36.5 Å². The molecule has 1 aromatic rings. The third-order valence-corrected chi connectivity index (χ3v) is 4.15. The van der Waals surface area contributed by atoms with Gasteiger partial charge in [-0.1, -0.05) is 17.7 Å². The highest BCUT2D eigenvalue weighted by Crippen LogP contribution is 2.23. The van der Waals surface area contributed by atoms with Gasteiger partial charge in [-0.15, -0.1) is 11.8 Å². The summed E-state index contributed by atoms with van der Waals surface area (Å²) < 4.78 is 0. The summed E-state index contributed by atoms with van der Waals surface area (Å²) >= 11 is 2.00.